The molecule has 1 amide bonds. The number of rotatable bonds is 5. The van der Waals surface area contributed by atoms with Crippen LogP contribution in [0, 0.1) is 0 Å². The van der Waals surface area contributed by atoms with Crippen LogP contribution < -0.4 is 14.8 Å². The van der Waals surface area contributed by atoms with Crippen molar-refractivity contribution in [3.05, 3.63) is 24.3 Å². The molecule has 0 aromatic heterocycles. The molecular formula is C14H17F3N2O3. The van der Waals surface area contributed by atoms with E-state index in [-0.39, 0.29) is 12.6 Å². The fourth-order valence-corrected chi connectivity index (χ4v) is 2.07. The number of ether oxygens (including phenoxy) is 2. The van der Waals surface area contributed by atoms with Crippen LogP contribution in [0.4, 0.5) is 13.2 Å². The maximum atomic E-state index is 12.0. The number of nitrogens with one attached hydrogen (secondary N) is 1. The molecule has 5 nitrogen and oxygen atoms in total. The Bertz CT molecular complexity index is 522. The highest BCUT2D eigenvalue weighted by Crippen LogP contribution is 2.30. The van der Waals surface area contributed by atoms with E-state index in [1.54, 1.807) is 24.1 Å². The van der Waals surface area contributed by atoms with Crippen molar-refractivity contribution in [1.29, 1.82) is 0 Å². The average molecular weight is 318 g/mol. The molecule has 22 heavy (non-hydrogen) atoms. The van der Waals surface area contributed by atoms with Gasteiger partial charge in [0.25, 0.3) is 0 Å². The van der Waals surface area contributed by atoms with Crippen LogP contribution >= 0.6 is 0 Å². The number of amides is 1. The number of benzene rings is 1. The monoisotopic (exact) mass is 318 g/mol. The van der Waals surface area contributed by atoms with Gasteiger partial charge in [0.15, 0.2) is 11.5 Å². The second-order valence-electron chi connectivity index (χ2n) is 5.09. The molecule has 1 atom stereocenters. The van der Waals surface area contributed by atoms with Gasteiger partial charge in [-0.25, -0.2) is 0 Å². The molecule has 1 aliphatic heterocycles. The fourth-order valence-electron chi connectivity index (χ4n) is 2.07. The predicted octanol–water partition coefficient (Wildman–Crippen LogP) is 1.44. The number of para-hydroxylation sites is 2. The van der Waals surface area contributed by atoms with E-state index in [1.165, 1.54) is 0 Å². The van der Waals surface area contributed by atoms with E-state index >= 15 is 0 Å². The lowest BCUT2D eigenvalue weighted by Crippen LogP contribution is -2.44. The molecule has 2 rings (SSSR count). The van der Waals surface area contributed by atoms with Gasteiger partial charge < -0.3 is 14.8 Å². The van der Waals surface area contributed by atoms with Gasteiger partial charge in [0, 0.05) is 6.54 Å². The van der Waals surface area contributed by atoms with Crippen molar-refractivity contribution in [3.63, 3.8) is 0 Å². The van der Waals surface area contributed by atoms with Gasteiger partial charge in [-0.1, -0.05) is 12.1 Å². The van der Waals surface area contributed by atoms with E-state index in [0.29, 0.717) is 24.7 Å². The summed E-state index contributed by atoms with van der Waals surface area (Å²) >= 11 is 0. The molecule has 0 fully saturated rings. The smallest absolute Gasteiger partial charge is 0.405 e. The van der Waals surface area contributed by atoms with Gasteiger partial charge in [-0.3, -0.25) is 9.69 Å². The molecule has 0 spiro atoms. The molecule has 1 aromatic carbocycles. The third-order valence-corrected chi connectivity index (χ3v) is 2.98. The summed E-state index contributed by atoms with van der Waals surface area (Å²) < 4.78 is 47.3. The molecule has 8 heteroatoms. The van der Waals surface area contributed by atoms with Gasteiger partial charge in [0.1, 0.15) is 19.3 Å². The third-order valence-electron chi connectivity index (χ3n) is 2.98. The second kappa shape index (κ2) is 6.87. The van der Waals surface area contributed by atoms with Crippen LogP contribution in [0.3, 0.4) is 0 Å². The van der Waals surface area contributed by atoms with Crippen molar-refractivity contribution in [2.75, 3.05) is 33.3 Å². The summed E-state index contributed by atoms with van der Waals surface area (Å²) in [7, 11) is 1.64. The van der Waals surface area contributed by atoms with Gasteiger partial charge in [-0.15, -0.1) is 0 Å². The first-order valence-corrected chi connectivity index (χ1v) is 6.74. The number of nitrogens with zero attached hydrogens (tertiary/aromatic N) is 1. The van der Waals surface area contributed by atoms with Gasteiger partial charge in [-0.05, 0) is 19.2 Å². The van der Waals surface area contributed by atoms with Gasteiger partial charge in [-0.2, -0.15) is 13.2 Å². The first kappa shape index (κ1) is 16.4. The molecule has 0 bridgehead atoms. The summed E-state index contributed by atoms with van der Waals surface area (Å²) in [5.74, 6) is 0.593. The lowest BCUT2D eigenvalue weighted by Gasteiger charge is -2.29. The number of carbonyl (C=O) groups excluding carboxylic acids is 1. The van der Waals surface area contributed by atoms with Crippen LogP contribution in [0.2, 0.25) is 0 Å². The Morgan fingerprint density at radius 3 is 2.73 bits per heavy atom. The molecule has 1 aromatic rings. The highest BCUT2D eigenvalue weighted by molar-refractivity contribution is 5.78. The van der Waals surface area contributed by atoms with Gasteiger partial charge >= 0.3 is 6.18 Å². The van der Waals surface area contributed by atoms with E-state index in [4.69, 9.17) is 9.47 Å². The number of hydrogen-bond donors (Lipinski definition) is 1. The van der Waals surface area contributed by atoms with Crippen LogP contribution in [0.15, 0.2) is 24.3 Å². The maximum Gasteiger partial charge on any atom is 0.405 e. The quantitative estimate of drug-likeness (QED) is 0.892. The number of carbonyl (C=O) groups is 1. The Labute approximate surface area is 126 Å². The zero-order valence-electron chi connectivity index (χ0n) is 12.0. The van der Waals surface area contributed by atoms with Crippen LogP contribution in [0.5, 0.6) is 11.5 Å². The number of likely N-dealkylation sites (N-methyl/N-ethyl adjacent to an activating group) is 1. The molecule has 122 valence electrons. The highest BCUT2D eigenvalue weighted by atomic mass is 19.4. The van der Waals surface area contributed by atoms with E-state index in [2.05, 4.69) is 0 Å². The molecule has 0 radical (unpaired) electrons. The van der Waals surface area contributed by atoms with Crippen LogP contribution in [-0.4, -0.2) is 56.4 Å². The van der Waals surface area contributed by atoms with Crippen molar-refractivity contribution in [3.8, 4) is 11.5 Å². The zero-order chi connectivity index (χ0) is 16.2. The maximum absolute atomic E-state index is 12.0. The number of hydrogen-bond acceptors (Lipinski definition) is 4. The summed E-state index contributed by atoms with van der Waals surface area (Å²) in [5, 5.41) is 1.83. The normalized spacial score (nSPS) is 17.4. The topological polar surface area (TPSA) is 50.8 Å². The molecular weight excluding hydrogens is 301 g/mol. The predicted molar refractivity (Wildman–Crippen MR) is 72.9 cm³/mol. The van der Waals surface area contributed by atoms with E-state index in [1.807, 2.05) is 17.4 Å². The molecule has 1 heterocycles. The van der Waals surface area contributed by atoms with Crippen LogP contribution in [0.1, 0.15) is 0 Å². The minimum absolute atomic E-state index is 0.141. The van der Waals surface area contributed by atoms with Crippen molar-refractivity contribution in [1.82, 2.24) is 10.2 Å². The Hall–Kier alpha value is -1.96. The summed E-state index contributed by atoms with van der Waals surface area (Å²) in [4.78, 5) is 13.0. The third kappa shape index (κ3) is 5.10. The van der Waals surface area contributed by atoms with Crippen molar-refractivity contribution < 1.29 is 27.4 Å². The van der Waals surface area contributed by atoms with Crippen molar-refractivity contribution >= 4 is 5.91 Å². The largest absolute Gasteiger partial charge is 0.486 e. The summed E-state index contributed by atoms with van der Waals surface area (Å²) in [6.07, 6.45) is -4.69. The molecule has 0 saturated heterocycles. The van der Waals surface area contributed by atoms with E-state index in [9.17, 15) is 18.0 Å². The van der Waals surface area contributed by atoms with Gasteiger partial charge in [0.05, 0.1) is 6.54 Å². The lowest BCUT2D eigenvalue weighted by atomic mass is 10.2. The van der Waals surface area contributed by atoms with Crippen LogP contribution in [-0.2, 0) is 4.79 Å². The Balaban J connectivity index is 1.76. The molecule has 1 aliphatic rings. The minimum atomic E-state index is -4.40. The summed E-state index contributed by atoms with van der Waals surface area (Å²) in [6.45, 7) is -0.771. The highest BCUT2D eigenvalue weighted by Gasteiger charge is 2.28. The Kier molecular flexibility index (Phi) is 5.12. The molecule has 0 unspecified atom stereocenters. The number of alkyl halides is 3. The first-order valence-electron chi connectivity index (χ1n) is 6.74. The lowest BCUT2D eigenvalue weighted by molar-refractivity contribution is -0.139. The average Bonchev–Trinajstić information content (AvgIpc) is 2.44. The first-order chi connectivity index (χ1) is 10.3. The molecule has 0 saturated carbocycles. The second-order valence-corrected chi connectivity index (χ2v) is 5.09. The zero-order valence-corrected chi connectivity index (χ0v) is 12.0. The van der Waals surface area contributed by atoms with Gasteiger partial charge in [0.2, 0.25) is 5.91 Å². The molecule has 0 aliphatic carbocycles. The Morgan fingerprint density at radius 2 is 2.05 bits per heavy atom. The standard InChI is InChI=1S/C14H17F3N2O3/c1-19(7-13(20)18-9-14(15,16)17)6-10-8-21-11-4-2-3-5-12(11)22-10/h2-5,10H,6-9H2,1H3,(H,18,20)/t10-/m1/s1. The van der Waals surface area contributed by atoms with Crippen LogP contribution in [0.25, 0.3) is 0 Å². The SMILES string of the molecule is CN(CC(=O)NCC(F)(F)F)C[C@@H]1COc2ccccc2O1. The fraction of sp³-hybridized carbons (Fsp3) is 0.500. The number of fused-ring (bicyclic) bond motifs is 1. The summed E-state index contributed by atoms with van der Waals surface area (Å²) in [5.41, 5.74) is 0. The van der Waals surface area contributed by atoms with Crippen molar-refractivity contribution in [2.24, 2.45) is 0 Å². The summed E-state index contributed by atoms with van der Waals surface area (Å²) in [6, 6.07) is 7.22. The molecule has 1 N–H and O–H groups in total. The number of halogens is 3. The Morgan fingerprint density at radius 1 is 1.36 bits per heavy atom. The van der Waals surface area contributed by atoms with E-state index in [0.717, 1.165) is 0 Å². The van der Waals surface area contributed by atoms with E-state index < -0.39 is 18.6 Å². The van der Waals surface area contributed by atoms with Crippen molar-refractivity contribution in [2.45, 2.75) is 12.3 Å². The minimum Gasteiger partial charge on any atom is -0.486 e.